The molecule has 2 rings (SSSR count). The van der Waals surface area contributed by atoms with E-state index in [0.717, 1.165) is 17.4 Å². The van der Waals surface area contributed by atoms with Crippen molar-refractivity contribution < 1.29 is 18.0 Å². The van der Waals surface area contributed by atoms with Crippen molar-refractivity contribution in [2.45, 2.75) is 39.2 Å². The standard InChI is InChI=1S/C24H33N3O4S/c1-19-10-8-13-22(18-19)27(32(4,30)31)16-9-14-23(28)26(20(2)24(29)25-3)17-15-21-11-6-5-7-12-21/h5-8,10-13,18,20H,9,14-17H2,1-4H3,(H,25,29)/t20-/m0/s1. The van der Waals surface area contributed by atoms with Crippen LogP contribution in [0.25, 0.3) is 0 Å². The highest BCUT2D eigenvalue weighted by Gasteiger charge is 2.25. The molecular weight excluding hydrogens is 426 g/mol. The van der Waals surface area contributed by atoms with Crippen LogP contribution in [0.2, 0.25) is 0 Å². The van der Waals surface area contributed by atoms with Gasteiger partial charge in [0.25, 0.3) is 0 Å². The summed E-state index contributed by atoms with van der Waals surface area (Å²) in [7, 11) is -1.94. The molecule has 1 atom stereocenters. The van der Waals surface area contributed by atoms with Crippen molar-refractivity contribution in [3.05, 3.63) is 65.7 Å². The number of rotatable bonds is 11. The van der Waals surface area contributed by atoms with Crippen LogP contribution in [0.3, 0.4) is 0 Å². The van der Waals surface area contributed by atoms with Crippen LogP contribution in [-0.4, -0.2) is 57.6 Å². The van der Waals surface area contributed by atoms with Gasteiger partial charge in [0.05, 0.1) is 11.9 Å². The fraction of sp³-hybridized carbons (Fsp3) is 0.417. The molecule has 0 aromatic heterocycles. The molecule has 7 nitrogen and oxygen atoms in total. The van der Waals surface area contributed by atoms with E-state index in [2.05, 4.69) is 5.32 Å². The molecular formula is C24H33N3O4S. The number of aryl methyl sites for hydroxylation is 1. The number of amides is 2. The summed E-state index contributed by atoms with van der Waals surface area (Å²) in [6, 6.07) is 16.4. The van der Waals surface area contributed by atoms with E-state index in [-0.39, 0.29) is 24.8 Å². The summed E-state index contributed by atoms with van der Waals surface area (Å²) in [4.78, 5) is 26.8. The number of nitrogens with zero attached hydrogens (tertiary/aromatic N) is 2. The molecule has 0 aliphatic heterocycles. The molecule has 1 N–H and O–H groups in total. The van der Waals surface area contributed by atoms with Crippen molar-refractivity contribution in [1.82, 2.24) is 10.2 Å². The molecule has 0 spiro atoms. The molecule has 0 heterocycles. The maximum Gasteiger partial charge on any atom is 0.242 e. The largest absolute Gasteiger partial charge is 0.357 e. The van der Waals surface area contributed by atoms with Gasteiger partial charge in [-0.1, -0.05) is 42.5 Å². The second-order valence-corrected chi connectivity index (χ2v) is 9.80. The zero-order valence-electron chi connectivity index (χ0n) is 19.2. The van der Waals surface area contributed by atoms with Crippen molar-refractivity contribution in [2.75, 3.05) is 30.7 Å². The van der Waals surface area contributed by atoms with Gasteiger partial charge in [-0.15, -0.1) is 0 Å². The molecule has 0 aliphatic carbocycles. The average molecular weight is 460 g/mol. The number of likely N-dealkylation sites (N-methyl/N-ethyl adjacent to an activating group) is 1. The molecule has 8 heteroatoms. The van der Waals surface area contributed by atoms with Crippen LogP contribution >= 0.6 is 0 Å². The quantitative estimate of drug-likeness (QED) is 0.560. The number of benzene rings is 2. The lowest BCUT2D eigenvalue weighted by molar-refractivity contribution is -0.139. The molecule has 0 aliphatic rings. The predicted molar refractivity (Wildman–Crippen MR) is 128 cm³/mol. The van der Waals surface area contributed by atoms with Crippen molar-refractivity contribution >= 4 is 27.5 Å². The molecule has 2 amide bonds. The van der Waals surface area contributed by atoms with Crippen molar-refractivity contribution in [3.8, 4) is 0 Å². The maximum atomic E-state index is 13.0. The first kappa shape index (κ1) is 25.4. The predicted octanol–water partition coefficient (Wildman–Crippen LogP) is 2.75. The lowest BCUT2D eigenvalue weighted by atomic mass is 10.1. The highest BCUT2D eigenvalue weighted by Crippen LogP contribution is 2.20. The third kappa shape index (κ3) is 7.37. The number of anilines is 1. The molecule has 2 aromatic rings. The number of hydrogen-bond acceptors (Lipinski definition) is 4. The number of hydrogen-bond donors (Lipinski definition) is 1. The molecule has 0 unspecified atom stereocenters. The van der Waals surface area contributed by atoms with E-state index in [4.69, 9.17) is 0 Å². The van der Waals surface area contributed by atoms with Gasteiger partial charge in [-0.2, -0.15) is 0 Å². The minimum absolute atomic E-state index is 0.147. The summed E-state index contributed by atoms with van der Waals surface area (Å²) in [5.74, 6) is -0.404. The third-order valence-corrected chi connectivity index (χ3v) is 6.53. The first-order valence-electron chi connectivity index (χ1n) is 10.7. The van der Waals surface area contributed by atoms with Gasteiger partial charge in [0, 0.05) is 26.6 Å². The Labute approximate surface area is 191 Å². The molecule has 0 saturated carbocycles. The molecule has 2 aromatic carbocycles. The van der Waals surface area contributed by atoms with E-state index in [9.17, 15) is 18.0 Å². The topological polar surface area (TPSA) is 86.8 Å². The van der Waals surface area contributed by atoms with E-state index in [1.54, 1.807) is 24.9 Å². The summed E-state index contributed by atoms with van der Waals surface area (Å²) < 4.78 is 26.0. The Kier molecular flexibility index (Phi) is 9.26. The van der Waals surface area contributed by atoms with E-state index >= 15 is 0 Å². The molecule has 0 saturated heterocycles. The van der Waals surface area contributed by atoms with Gasteiger partial charge >= 0.3 is 0 Å². The minimum atomic E-state index is -3.49. The lowest BCUT2D eigenvalue weighted by Crippen LogP contribution is -2.48. The highest BCUT2D eigenvalue weighted by molar-refractivity contribution is 7.92. The van der Waals surface area contributed by atoms with Crippen LogP contribution in [0.1, 0.15) is 30.9 Å². The SMILES string of the molecule is CNC(=O)[C@H](C)N(CCc1ccccc1)C(=O)CCCN(c1cccc(C)c1)S(C)(=O)=O. The smallest absolute Gasteiger partial charge is 0.242 e. The molecule has 174 valence electrons. The van der Waals surface area contributed by atoms with Gasteiger partial charge < -0.3 is 10.2 Å². The first-order valence-corrected chi connectivity index (χ1v) is 12.6. The Morgan fingerprint density at radius 1 is 1.03 bits per heavy atom. The van der Waals surface area contributed by atoms with Crippen LogP contribution in [0.5, 0.6) is 0 Å². The zero-order chi connectivity index (χ0) is 23.7. The monoisotopic (exact) mass is 459 g/mol. The van der Waals surface area contributed by atoms with Crippen LogP contribution < -0.4 is 9.62 Å². The van der Waals surface area contributed by atoms with Crippen LogP contribution in [0.4, 0.5) is 5.69 Å². The highest BCUT2D eigenvalue weighted by atomic mass is 32.2. The second-order valence-electron chi connectivity index (χ2n) is 7.89. The van der Waals surface area contributed by atoms with Crippen molar-refractivity contribution in [3.63, 3.8) is 0 Å². The van der Waals surface area contributed by atoms with Gasteiger partial charge in [0.1, 0.15) is 6.04 Å². The summed E-state index contributed by atoms with van der Waals surface area (Å²) >= 11 is 0. The fourth-order valence-electron chi connectivity index (χ4n) is 3.57. The normalized spacial score (nSPS) is 12.1. The number of sulfonamides is 1. The first-order chi connectivity index (χ1) is 15.1. The van der Waals surface area contributed by atoms with Gasteiger partial charge in [-0.3, -0.25) is 13.9 Å². The summed E-state index contributed by atoms with van der Waals surface area (Å²) in [6.07, 6.45) is 2.29. The van der Waals surface area contributed by atoms with E-state index < -0.39 is 16.1 Å². The Hall–Kier alpha value is -2.87. The molecule has 0 bridgehead atoms. The van der Waals surface area contributed by atoms with Gasteiger partial charge in [0.2, 0.25) is 21.8 Å². The Morgan fingerprint density at radius 3 is 2.31 bits per heavy atom. The summed E-state index contributed by atoms with van der Waals surface area (Å²) in [5, 5.41) is 2.60. The van der Waals surface area contributed by atoms with E-state index in [1.807, 2.05) is 55.5 Å². The number of nitrogens with one attached hydrogen (secondary N) is 1. The van der Waals surface area contributed by atoms with E-state index in [0.29, 0.717) is 25.1 Å². The van der Waals surface area contributed by atoms with Gasteiger partial charge in [-0.05, 0) is 49.9 Å². The number of carbonyl (C=O) groups excluding carboxylic acids is 2. The van der Waals surface area contributed by atoms with Gasteiger partial charge in [0.15, 0.2) is 0 Å². The fourth-order valence-corrected chi connectivity index (χ4v) is 4.52. The molecule has 0 radical (unpaired) electrons. The summed E-state index contributed by atoms with van der Waals surface area (Å²) in [6.45, 7) is 4.20. The van der Waals surface area contributed by atoms with Crippen LogP contribution in [-0.2, 0) is 26.0 Å². The van der Waals surface area contributed by atoms with E-state index in [1.165, 1.54) is 4.31 Å². The average Bonchev–Trinajstić information content (AvgIpc) is 2.76. The zero-order valence-corrected chi connectivity index (χ0v) is 20.1. The van der Waals surface area contributed by atoms with Crippen molar-refractivity contribution in [2.24, 2.45) is 0 Å². The third-order valence-electron chi connectivity index (χ3n) is 5.34. The Morgan fingerprint density at radius 2 is 1.72 bits per heavy atom. The maximum absolute atomic E-state index is 13.0. The molecule has 0 fully saturated rings. The van der Waals surface area contributed by atoms with Crippen molar-refractivity contribution in [1.29, 1.82) is 0 Å². The Bertz CT molecular complexity index is 1010. The second kappa shape index (κ2) is 11.7. The number of carbonyl (C=O) groups is 2. The Balaban J connectivity index is 2.07. The van der Waals surface area contributed by atoms with Crippen LogP contribution in [0, 0.1) is 6.92 Å². The van der Waals surface area contributed by atoms with Gasteiger partial charge in [-0.25, -0.2) is 8.42 Å². The minimum Gasteiger partial charge on any atom is -0.357 e. The summed E-state index contributed by atoms with van der Waals surface area (Å²) in [5.41, 5.74) is 2.62. The molecule has 32 heavy (non-hydrogen) atoms. The lowest BCUT2D eigenvalue weighted by Gasteiger charge is -2.29. The van der Waals surface area contributed by atoms with Crippen LogP contribution in [0.15, 0.2) is 54.6 Å².